The van der Waals surface area contributed by atoms with Gasteiger partial charge in [-0.2, -0.15) is 0 Å². The van der Waals surface area contributed by atoms with E-state index < -0.39 is 0 Å². The topological polar surface area (TPSA) is 48.0 Å². The van der Waals surface area contributed by atoms with E-state index in [9.17, 15) is 4.79 Å². The number of rotatable bonds is 7. The molecule has 2 aromatic rings. The maximum atomic E-state index is 12.7. The Balaban J connectivity index is 1.29. The number of morpholine rings is 1. The molecule has 152 valence electrons. The van der Waals surface area contributed by atoms with Crippen molar-refractivity contribution in [2.75, 3.05) is 19.8 Å². The van der Waals surface area contributed by atoms with Gasteiger partial charge in [-0.1, -0.05) is 60.2 Å². The molecule has 4 rings (SSSR count). The first-order valence-electron chi connectivity index (χ1n) is 10.2. The normalized spacial score (nSPS) is 20.7. The predicted molar refractivity (Wildman–Crippen MR) is 111 cm³/mol. The molecular weight excluding hydrogens is 366 g/mol. The number of benzene rings is 2. The number of para-hydroxylation sites is 1. The molecule has 0 radical (unpaired) electrons. The molecule has 5 heteroatoms. The van der Waals surface area contributed by atoms with Gasteiger partial charge in [0.25, 0.3) is 0 Å². The van der Waals surface area contributed by atoms with Gasteiger partial charge in [0, 0.05) is 0 Å². The number of carbonyl (C=O) groups is 1. The zero-order chi connectivity index (χ0) is 19.9. The Labute approximate surface area is 171 Å². The lowest BCUT2D eigenvalue weighted by atomic mass is 9.92. The Hall–Kier alpha value is -2.79. The number of nitrogens with zero attached hydrogens (tertiary/aromatic N) is 1. The van der Waals surface area contributed by atoms with Gasteiger partial charge < -0.3 is 14.2 Å². The molecule has 0 saturated carbocycles. The first kappa shape index (κ1) is 19.5. The van der Waals surface area contributed by atoms with Gasteiger partial charge >= 0.3 is 6.09 Å². The van der Waals surface area contributed by atoms with Gasteiger partial charge in [-0.15, -0.1) is 0 Å². The quantitative estimate of drug-likeness (QED) is 0.510. The number of ether oxygens (including phenoxy) is 3. The molecule has 1 saturated heterocycles. The summed E-state index contributed by atoms with van der Waals surface area (Å²) in [5, 5.41) is 0. The number of amides is 1. The molecule has 0 spiro atoms. The molecule has 2 unspecified atom stereocenters. The minimum Gasteiger partial charge on any atom is -0.494 e. The number of hydrogen-bond acceptors (Lipinski definition) is 4. The lowest BCUT2D eigenvalue weighted by Gasteiger charge is -2.43. The molecule has 0 aromatic heterocycles. The van der Waals surface area contributed by atoms with Crippen LogP contribution < -0.4 is 4.74 Å². The third-order valence-electron chi connectivity index (χ3n) is 5.35. The third-order valence-corrected chi connectivity index (χ3v) is 5.35. The van der Waals surface area contributed by atoms with Gasteiger partial charge in [-0.25, -0.2) is 4.79 Å². The van der Waals surface area contributed by atoms with Crippen LogP contribution in [0.4, 0.5) is 4.79 Å². The Morgan fingerprint density at radius 3 is 2.55 bits per heavy atom. The first-order valence-corrected chi connectivity index (χ1v) is 10.2. The summed E-state index contributed by atoms with van der Waals surface area (Å²) in [6, 6.07) is 19.7. The lowest BCUT2D eigenvalue weighted by molar-refractivity contribution is -0.0376. The summed E-state index contributed by atoms with van der Waals surface area (Å²) in [5.41, 5.74) is 2.38. The van der Waals surface area contributed by atoms with E-state index in [4.69, 9.17) is 14.2 Å². The van der Waals surface area contributed by atoms with Crippen LogP contribution in [0.3, 0.4) is 0 Å². The van der Waals surface area contributed by atoms with Crippen molar-refractivity contribution >= 4 is 6.09 Å². The summed E-state index contributed by atoms with van der Waals surface area (Å²) >= 11 is 0. The van der Waals surface area contributed by atoms with Crippen LogP contribution in [0.25, 0.3) is 0 Å². The molecule has 2 aliphatic rings. The van der Waals surface area contributed by atoms with Crippen LogP contribution in [0.5, 0.6) is 5.75 Å². The maximum absolute atomic E-state index is 12.7. The third kappa shape index (κ3) is 5.18. The smallest absolute Gasteiger partial charge is 0.411 e. The maximum Gasteiger partial charge on any atom is 0.411 e. The van der Waals surface area contributed by atoms with E-state index in [-0.39, 0.29) is 18.2 Å². The highest BCUT2D eigenvalue weighted by Gasteiger charge is 2.38. The summed E-state index contributed by atoms with van der Waals surface area (Å²) < 4.78 is 17.0. The molecule has 1 fully saturated rings. The average molecular weight is 393 g/mol. The standard InChI is InChI=1S/C24H27NO4/c26-24(29-16-19-8-3-1-4-9-19)25-21-14-20(15-22(25)18-27-17-21)10-7-13-28-23-11-5-2-6-12-23/h1-6,8-9,11-12,14,21-22H,7,10,13,15-18H2. The van der Waals surface area contributed by atoms with Gasteiger partial charge in [0.05, 0.1) is 31.9 Å². The largest absolute Gasteiger partial charge is 0.494 e. The van der Waals surface area contributed by atoms with Crippen molar-refractivity contribution in [3.8, 4) is 5.75 Å². The van der Waals surface area contributed by atoms with Gasteiger partial charge in [0.2, 0.25) is 0 Å². The van der Waals surface area contributed by atoms with Crippen LogP contribution in [0.1, 0.15) is 24.8 Å². The molecule has 29 heavy (non-hydrogen) atoms. The zero-order valence-electron chi connectivity index (χ0n) is 16.5. The van der Waals surface area contributed by atoms with E-state index in [0.29, 0.717) is 26.4 Å². The first-order chi connectivity index (χ1) is 14.3. The SMILES string of the molecule is O=C(OCc1ccccc1)N1C2C=C(CCCOc3ccccc3)CC1COC2. The van der Waals surface area contributed by atoms with Crippen molar-refractivity contribution in [3.63, 3.8) is 0 Å². The highest BCUT2D eigenvalue weighted by atomic mass is 16.6. The molecule has 5 nitrogen and oxygen atoms in total. The zero-order valence-corrected chi connectivity index (χ0v) is 16.5. The summed E-state index contributed by atoms with van der Waals surface area (Å²) in [6.45, 7) is 2.08. The number of hydrogen-bond donors (Lipinski definition) is 0. The Kier molecular flexibility index (Phi) is 6.47. The van der Waals surface area contributed by atoms with Crippen LogP contribution in [0.2, 0.25) is 0 Å². The van der Waals surface area contributed by atoms with Crippen molar-refractivity contribution < 1.29 is 19.0 Å². The van der Waals surface area contributed by atoms with Gasteiger partial charge in [0.1, 0.15) is 12.4 Å². The Morgan fingerprint density at radius 1 is 1.03 bits per heavy atom. The minimum absolute atomic E-state index is 0.0455. The summed E-state index contributed by atoms with van der Waals surface area (Å²) in [7, 11) is 0. The Bertz CT molecular complexity index is 821. The van der Waals surface area contributed by atoms with Gasteiger partial charge in [0.15, 0.2) is 0 Å². The highest BCUT2D eigenvalue weighted by Crippen LogP contribution is 2.30. The van der Waals surface area contributed by atoms with Crippen LogP contribution in [0, 0.1) is 0 Å². The van der Waals surface area contributed by atoms with Crippen LogP contribution in [0.15, 0.2) is 72.3 Å². The molecule has 1 amide bonds. The molecule has 0 N–H and O–H groups in total. The van der Waals surface area contributed by atoms with Crippen LogP contribution in [-0.2, 0) is 16.1 Å². The average Bonchev–Trinajstić information content (AvgIpc) is 2.76. The fourth-order valence-corrected chi connectivity index (χ4v) is 3.95. The van der Waals surface area contributed by atoms with E-state index >= 15 is 0 Å². The molecular formula is C24H27NO4. The van der Waals surface area contributed by atoms with Crippen molar-refractivity contribution in [2.45, 2.75) is 38.0 Å². The molecule has 2 aromatic carbocycles. The van der Waals surface area contributed by atoms with E-state index in [2.05, 4.69) is 6.08 Å². The van der Waals surface area contributed by atoms with Crippen molar-refractivity contribution in [1.29, 1.82) is 0 Å². The Morgan fingerprint density at radius 2 is 1.79 bits per heavy atom. The van der Waals surface area contributed by atoms with Crippen molar-refractivity contribution in [3.05, 3.63) is 77.9 Å². The molecule has 2 bridgehead atoms. The summed E-state index contributed by atoms with van der Waals surface area (Å²) in [5.74, 6) is 0.905. The number of fused-ring (bicyclic) bond motifs is 2. The van der Waals surface area contributed by atoms with E-state index in [1.165, 1.54) is 5.57 Å². The van der Waals surface area contributed by atoms with Crippen LogP contribution >= 0.6 is 0 Å². The molecule has 0 aliphatic carbocycles. The van der Waals surface area contributed by atoms with Gasteiger partial charge in [-0.05, 0) is 37.0 Å². The van der Waals surface area contributed by atoms with E-state index in [0.717, 1.165) is 30.6 Å². The van der Waals surface area contributed by atoms with Crippen molar-refractivity contribution in [2.24, 2.45) is 0 Å². The predicted octanol–water partition coefficient (Wildman–Crippen LogP) is 4.58. The fraction of sp³-hybridized carbons (Fsp3) is 0.375. The van der Waals surface area contributed by atoms with E-state index in [1.807, 2.05) is 65.6 Å². The molecule has 2 atom stereocenters. The van der Waals surface area contributed by atoms with E-state index in [1.54, 1.807) is 0 Å². The fourth-order valence-electron chi connectivity index (χ4n) is 3.95. The summed E-state index contributed by atoms with van der Waals surface area (Å²) in [6.07, 6.45) is 4.70. The molecule has 2 aliphatic heterocycles. The second kappa shape index (κ2) is 9.61. The van der Waals surface area contributed by atoms with Crippen LogP contribution in [-0.4, -0.2) is 42.9 Å². The van der Waals surface area contributed by atoms with Gasteiger partial charge in [-0.3, -0.25) is 4.90 Å². The second-order valence-electron chi connectivity index (χ2n) is 7.50. The lowest BCUT2D eigenvalue weighted by Crippen LogP contribution is -2.56. The minimum atomic E-state index is -0.255. The van der Waals surface area contributed by atoms with Crippen molar-refractivity contribution in [1.82, 2.24) is 4.90 Å². The monoisotopic (exact) mass is 393 g/mol. The highest BCUT2D eigenvalue weighted by molar-refractivity contribution is 5.69. The second-order valence-corrected chi connectivity index (χ2v) is 7.50. The number of carbonyl (C=O) groups excluding carboxylic acids is 1. The molecule has 2 heterocycles. The summed E-state index contributed by atoms with van der Waals surface area (Å²) in [4.78, 5) is 14.6.